The molecule has 1 aliphatic rings. The SMILES string of the molecule is COC(=O)[C@H]1C[C@@H](O)C[C@@H](OC(C)=O)C1. The Morgan fingerprint density at radius 3 is 2.47 bits per heavy atom. The molecule has 0 bridgehead atoms. The van der Waals surface area contributed by atoms with Crippen molar-refractivity contribution in [3.63, 3.8) is 0 Å². The third kappa shape index (κ3) is 3.51. The van der Waals surface area contributed by atoms with Crippen LogP contribution in [0.5, 0.6) is 0 Å². The third-order valence-electron chi connectivity index (χ3n) is 2.51. The van der Waals surface area contributed by atoms with Gasteiger partial charge in [-0.2, -0.15) is 0 Å². The van der Waals surface area contributed by atoms with E-state index in [-0.39, 0.29) is 18.0 Å². The normalized spacial score (nSPS) is 30.7. The molecule has 0 aromatic carbocycles. The Balaban J connectivity index is 2.55. The topological polar surface area (TPSA) is 72.8 Å². The van der Waals surface area contributed by atoms with Gasteiger partial charge in [-0.15, -0.1) is 0 Å². The molecule has 0 aromatic heterocycles. The zero-order valence-corrected chi connectivity index (χ0v) is 8.93. The highest BCUT2D eigenvalue weighted by atomic mass is 16.5. The van der Waals surface area contributed by atoms with Gasteiger partial charge in [-0.1, -0.05) is 0 Å². The molecular formula is C10H16O5. The Kier molecular flexibility index (Phi) is 4.08. The minimum atomic E-state index is -0.604. The summed E-state index contributed by atoms with van der Waals surface area (Å²) in [5.41, 5.74) is 0. The molecule has 0 spiro atoms. The molecule has 0 aliphatic heterocycles. The van der Waals surface area contributed by atoms with Gasteiger partial charge in [0, 0.05) is 13.3 Å². The van der Waals surface area contributed by atoms with E-state index in [2.05, 4.69) is 4.74 Å². The third-order valence-corrected chi connectivity index (χ3v) is 2.51. The molecule has 1 N–H and O–H groups in total. The number of carbonyl (C=O) groups is 2. The molecule has 0 unspecified atom stereocenters. The van der Waals surface area contributed by atoms with Crippen LogP contribution in [0.4, 0.5) is 0 Å². The first-order valence-corrected chi connectivity index (χ1v) is 4.96. The van der Waals surface area contributed by atoms with Crippen LogP contribution in [0.25, 0.3) is 0 Å². The van der Waals surface area contributed by atoms with E-state index in [0.29, 0.717) is 19.3 Å². The molecule has 0 radical (unpaired) electrons. The van der Waals surface area contributed by atoms with E-state index in [9.17, 15) is 14.7 Å². The van der Waals surface area contributed by atoms with Gasteiger partial charge in [-0.25, -0.2) is 0 Å². The van der Waals surface area contributed by atoms with Crippen molar-refractivity contribution in [3.05, 3.63) is 0 Å². The summed E-state index contributed by atoms with van der Waals surface area (Å²) in [5, 5.41) is 9.51. The zero-order chi connectivity index (χ0) is 11.4. The summed E-state index contributed by atoms with van der Waals surface area (Å²) in [5.74, 6) is -1.12. The van der Waals surface area contributed by atoms with E-state index in [1.54, 1.807) is 0 Å². The van der Waals surface area contributed by atoms with E-state index in [1.165, 1.54) is 14.0 Å². The Labute approximate surface area is 88.4 Å². The Morgan fingerprint density at radius 1 is 1.27 bits per heavy atom. The van der Waals surface area contributed by atoms with Crippen LogP contribution in [0.15, 0.2) is 0 Å². The molecule has 0 heterocycles. The Bertz CT molecular complexity index is 250. The fourth-order valence-corrected chi connectivity index (χ4v) is 1.93. The number of esters is 2. The summed E-state index contributed by atoms with van der Waals surface area (Å²) < 4.78 is 9.58. The van der Waals surface area contributed by atoms with Crippen molar-refractivity contribution in [3.8, 4) is 0 Å². The van der Waals surface area contributed by atoms with Crippen molar-refractivity contribution in [2.24, 2.45) is 5.92 Å². The minimum Gasteiger partial charge on any atom is -0.469 e. The highest BCUT2D eigenvalue weighted by Crippen LogP contribution is 2.27. The number of aliphatic hydroxyl groups excluding tert-OH is 1. The van der Waals surface area contributed by atoms with Crippen molar-refractivity contribution in [1.29, 1.82) is 0 Å². The lowest BCUT2D eigenvalue weighted by atomic mass is 9.85. The van der Waals surface area contributed by atoms with Gasteiger partial charge in [0.2, 0.25) is 0 Å². The lowest BCUT2D eigenvalue weighted by Crippen LogP contribution is -2.36. The van der Waals surface area contributed by atoms with Gasteiger partial charge in [-0.05, 0) is 12.8 Å². The van der Waals surface area contributed by atoms with Gasteiger partial charge in [0.1, 0.15) is 6.10 Å². The molecule has 1 saturated carbocycles. The van der Waals surface area contributed by atoms with Crippen LogP contribution in [0.3, 0.4) is 0 Å². The maximum atomic E-state index is 11.3. The second-order valence-corrected chi connectivity index (χ2v) is 3.81. The van der Waals surface area contributed by atoms with Crippen LogP contribution in [-0.4, -0.2) is 36.4 Å². The zero-order valence-electron chi connectivity index (χ0n) is 8.93. The molecule has 3 atom stereocenters. The van der Waals surface area contributed by atoms with Gasteiger partial charge in [0.25, 0.3) is 0 Å². The maximum Gasteiger partial charge on any atom is 0.308 e. The Morgan fingerprint density at radius 2 is 1.93 bits per heavy atom. The molecule has 1 rings (SSSR count). The lowest BCUT2D eigenvalue weighted by Gasteiger charge is -2.30. The number of aliphatic hydroxyl groups is 1. The Hall–Kier alpha value is -1.10. The van der Waals surface area contributed by atoms with Gasteiger partial charge < -0.3 is 14.6 Å². The van der Waals surface area contributed by atoms with Crippen LogP contribution in [0, 0.1) is 5.92 Å². The van der Waals surface area contributed by atoms with E-state index < -0.39 is 12.1 Å². The predicted octanol–water partition coefficient (Wildman–Crippen LogP) is 0.252. The lowest BCUT2D eigenvalue weighted by molar-refractivity contribution is -0.158. The molecule has 0 saturated heterocycles. The summed E-state index contributed by atoms with van der Waals surface area (Å²) in [7, 11) is 1.31. The number of rotatable bonds is 2. The number of carbonyl (C=O) groups excluding carboxylic acids is 2. The summed E-state index contributed by atoms with van der Waals surface area (Å²) in [6, 6.07) is 0. The largest absolute Gasteiger partial charge is 0.469 e. The maximum absolute atomic E-state index is 11.3. The average Bonchev–Trinajstić information content (AvgIpc) is 2.14. The molecule has 1 aliphatic carbocycles. The highest BCUT2D eigenvalue weighted by Gasteiger charge is 2.34. The minimum absolute atomic E-state index is 0.356. The van der Waals surface area contributed by atoms with Crippen molar-refractivity contribution in [1.82, 2.24) is 0 Å². The highest BCUT2D eigenvalue weighted by molar-refractivity contribution is 5.72. The molecule has 0 amide bonds. The number of methoxy groups -OCH3 is 1. The van der Waals surface area contributed by atoms with Crippen LogP contribution in [-0.2, 0) is 19.1 Å². The van der Waals surface area contributed by atoms with E-state index in [0.717, 1.165) is 0 Å². The average molecular weight is 216 g/mol. The number of hydrogen-bond donors (Lipinski definition) is 1. The van der Waals surface area contributed by atoms with Crippen LogP contribution >= 0.6 is 0 Å². The second kappa shape index (κ2) is 5.11. The summed E-state index contributed by atoms with van der Waals surface area (Å²) in [4.78, 5) is 22.0. The summed E-state index contributed by atoms with van der Waals surface area (Å²) in [6.07, 6.45) is 0.225. The van der Waals surface area contributed by atoms with Gasteiger partial charge in [0.15, 0.2) is 0 Å². The van der Waals surface area contributed by atoms with Gasteiger partial charge in [-0.3, -0.25) is 9.59 Å². The first-order valence-electron chi connectivity index (χ1n) is 4.96. The van der Waals surface area contributed by atoms with Crippen LogP contribution < -0.4 is 0 Å². The fourth-order valence-electron chi connectivity index (χ4n) is 1.93. The van der Waals surface area contributed by atoms with E-state index >= 15 is 0 Å². The van der Waals surface area contributed by atoms with Gasteiger partial charge in [0.05, 0.1) is 19.1 Å². The quantitative estimate of drug-likeness (QED) is 0.670. The fraction of sp³-hybridized carbons (Fsp3) is 0.800. The van der Waals surface area contributed by atoms with Crippen LogP contribution in [0.2, 0.25) is 0 Å². The molecule has 15 heavy (non-hydrogen) atoms. The van der Waals surface area contributed by atoms with Crippen molar-refractivity contribution in [2.45, 2.75) is 38.4 Å². The molecule has 1 fully saturated rings. The van der Waals surface area contributed by atoms with Crippen molar-refractivity contribution >= 4 is 11.9 Å². The van der Waals surface area contributed by atoms with Crippen molar-refractivity contribution in [2.75, 3.05) is 7.11 Å². The molecular weight excluding hydrogens is 200 g/mol. The number of ether oxygens (including phenoxy) is 2. The molecule has 5 nitrogen and oxygen atoms in total. The molecule has 0 aromatic rings. The van der Waals surface area contributed by atoms with Crippen LogP contribution in [0.1, 0.15) is 26.2 Å². The van der Waals surface area contributed by atoms with Gasteiger partial charge >= 0.3 is 11.9 Å². The van der Waals surface area contributed by atoms with Crippen molar-refractivity contribution < 1.29 is 24.2 Å². The predicted molar refractivity (Wildman–Crippen MR) is 50.9 cm³/mol. The summed E-state index contributed by atoms with van der Waals surface area (Å²) in [6.45, 7) is 1.31. The van der Waals surface area contributed by atoms with E-state index in [1.807, 2.05) is 0 Å². The monoisotopic (exact) mass is 216 g/mol. The smallest absolute Gasteiger partial charge is 0.308 e. The second-order valence-electron chi connectivity index (χ2n) is 3.81. The first kappa shape index (κ1) is 12.0. The molecule has 86 valence electrons. The summed E-state index contributed by atoms with van der Waals surface area (Å²) >= 11 is 0. The standard InChI is InChI=1S/C10H16O5/c1-6(11)15-9-4-7(10(13)14-2)3-8(12)5-9/h7-9,12H,3-5H2,1-2H3/t7-,8+,9-/m0/s1. The molecule has 5 heteroatoms. The first-order chi connectivity index (χ1) is 7.02. The van der Waals surface area contributed by atoms with E-state index in [4.69, 9.17) is 4.74 Å². The number of hydrogen-bond acceptors (Lipinski definition) is 5.